The lowest BCUT2D eigenvalue weighted by Gasteiger charge is -2.31. The maximum Gasteiger partial charge on any atom is 0.246 e. The monoisotopic (exact) mass is 995 g/mol. The zero-order valence-corrected chi connectivity index (χ0v) is 40.3. The fourth-order valence-electron chi connectivity index (χ4n) is 7.06. The molecule has 2 saturated heterocycles. The van der Waals surface area contributed by atoms with E-state index in [2.05, 4.69) is 47.2 Å². The SMILES string of the molecule is CC(=O)N[C@@H]1CSSC[C@@H](C(N)=O)NC(=O)CNC(=O)[C@H](CCCN=C(N)N)NC(=O)[C@H](CC(C)C)NC(=O)[C@H](CCCN=C(N)N)NC(=O)[C@@H]2CCCN2C(=O)[C@H](Cc2cccs2)NC1=O. The van der Waals surface area contributed by atoms with E-state index < -0.39 is 102 Å². The topological polar surface area (TPSA) is 396 Å². The maximum atomic E-state index is 14.5. The molecule has 27 heteroatoms. The fraction of sp³-hybridized carbons (Fsp3) is 0.625. The van der Waals surface area contributed by atoms with Gasteiger partial charge in [-0.3, -0.25) is 53.1 Å². The first kappa shape index (κ1) is 55.5. The molecule has 67 heavy (non-hydrogen) atoms. The standard InChI is InChI=1S/C40H65N15O9S3/c1-21(2)16-26-35(61)51-24(9-4-12-46-39(42)43)33(59)48-18-31(57)50-28(32(41)58)19-66-67-20-29(49-22(3)56)36(62)54-27(17-23-8-7-15-65-23)38(64)55-14-6-11-30(55)37(63)52-25(34(60)53-26)10-5-13-47-40(44)45/h7-8,15,21,24-30H,4-6,9-14,16-20H2,1-3H3,(H2,41,58)(H,48,59)(H,49,56)(H,50,57)(H,51,61)(H,52,63)(H,53,60)(H,54,62)(H4,42,43,46)(H4,44,45,47)/t24-,25-,26-,27-,28-,29+,30-/m0/s1. The molecule has 372 valence electrons. The third-order valence-corrected chi connectivity index (χ3v) is 13.6. The van der Waals surface area contributed by atoms with E-state index in [1.54, 1.807) is 12.1 Å². The summed E-state index contributed by atoms with van der Waals surface area (Å²) < 4.78 is 0. The molecule has 0 aliphatic carbocycles. The number of amides is 9. The predicted molar refractivity (Wildman–Crippen MR) is 256 cm³/mol. The largest absolute Gasteiger partial charge is 0.370 e. The minimum absolute atomic E-state index is 0.00184. The molecule has 2 aliphatic heterocycles. The van der Waals surface area contributed by atoms with Gasteiger partial charge in [0.05, 0.1) is 6.54 Å². The number of primary amides is 1. The van der Waals surface area contributed by atoms with E-state index in [-0.39, 0.29) is 93.9 Å². The number of nitrogens with zero attached hydrogens (tertiary/aromatic N) is 3. The van der Waals surface area contributed by atoms with Crippen LogP contribution in [0.25, 0.3) is 0 Å². The quantitative estimate of drug-likeness (QED) is 0.0370. The summed E-state index contributed by atoms with van der Waals surface area (Å²) in [5.41, 5.74) is 27.6. The lowest BCUT2D eigenvalue weighted by atomic mass is 10.0. The van der Waals surface area contributed by atoms with Gasteiger partial charge in [-0.15, -0.1) is 11.3 Å². The van der Waals surface area contributed by atoms with Crippen molar-refractivity contribution in [3.8, 4) is 0 Å². The van der Waals surface area contributed by atoms with Gasteiger partial charge in [-0.1, -0.05) is 41.5 Å². The van der Waals surface area contributed by atoms with Crippen LogP contribution in [0.15, 0.2) is 27.5 Å². The van der Waals surface area contributed by atoms with Crippen LogP contribution < -0.4 is 65.9 Å². The Morgan fingerprint density at radius 3 is 1.94 bits per heavy atom. The number of nitrogens with two attached hydrogens (primary N) is 5. The molecule has 0 spiro atoms. The van der Waals surface area contributed by atoms with E-state index >= 15 is 0 Å². The fourth-order valence-corrected chi connectivity index (χ4v) is 10.1. The third-order valence-electron chi connectivity index (χ3n) is 10.3. The normalized spacial score (nSPS) is 24.4. The van der Waals surface area contributed by atoms with Gasteiger partial charge in [0.15, 0.2) is 11.9 Å². The summed E-state index contributed by atoms with van der Waals surface area (Å²) in [6.45, 7) is 4.60. The number of thiophene rings is 1. The van der Waals surface area contributed by atoms with Crippen LogP contribution >= 0.6 is 32.9 Å². The number of rotatable bonds is 14. The molecule has 1 aromatic rings. The van der Waals surface area contributed by atoms with Crippen LogP contribution in [0, 0.1) is 5.92 Å². The van der Waals surface area contributed by atoms with E-state index in [0.29, 0.717) is 6.42 Å². The number of aliphatic imine (C=N–C) groups is 2. The van der Waals surface area contributed by atoms with E-state index in [1.165, 1.54) is 23.2 Å². The van der Waals surface area contributed by atoms with Crippen LogP contribution in [-0.4, -0.2) is 150 Å². The van der Waals surface area contributed by atoms with Crippen molar-refractivity contribution in [1.82, 2.24) is 42.1 Å². The van der Waals surface area contributed by atoms with Crippen molar-refractivity contribution in [1.29, 1.82) is 0 Å². The highest BCUT2D eigenvalue weighted by molar-refractivity contribution is 8.76. The molecule has 0 aromatic carbocycles. The molecule has 0 saturated carbocycles. The van der Waals surface area contributed by atoms with Crippen molar-refractivity contribution in [2.45, 2.75) is 114 Å². The number of hydrogen-bond donors (Lipinski definition) is 12. The first-order valence-corrected chi connectivity index (χ1v) is 25.1. The lowest BCUT2D eigenvalue weighted by Crippen LogP contribution is -2.60. The van der Waals surface area contributed by atoms with Crippen LogP contribution in [0.3, 0.4) is 0 Å². The van der Waals surface area contributed by atoms with E-state index in [4.69, 9.17) is 28.7 Å². The van der Waals surface area contributed by atoms with Gasteiger partial charge in [0.1, 0.15) is 42.3 Å². The smallest absolute Gasteiger partial charge is 0.246 e. The third kappa shape index (κ3) is 19.9. The van der Waals surface area contributed by atoms with Crippen LogP contribution in [0.4, 0.5) is 0 Å². The van der Waals surface area contributed by atoms with Crippen molar-refractivity contribution in [3.05, 3.63) is 22.4 Å². The number of hydrogen-bond acceptors (Lipinski definition) is 14. The van der Waals surface area contributed by atoms with Crippen LogP contribution in [0.2, 0.25) is 0 Å². The molecular weight excluding hydrogens is 931 g/mol. The average molecular weight is 996 g/mol. The Bertz CT molecular complexity index is 1950. The van der Waals surface area contributed by atoms with Gasteiger partial charge < -0.3 is 70.8 Å². The molecule has 0 bridgehead atoms. The van der Waals surface area contributed by atoms with Gasteiger partial charge in [0, 0.05) is 49.4 Å². The Kier molecular flexibility index (Phi) is 23.5. The highest BCUT2D eigenvalue weighted by atomic mass is 33.1. The Morgan fingerprint density at radius 1 is 0.776 bits per heavy atom. The van der Waals surface area contributed by atoms with Crippen LogP contribution in [-0.2, 0) is 49.6 Å². The number of carbonyl (C=O) groups excluding carboxylic acids is 9. The molecular formula is C40H65N15O9S3. The maximum absolute atomic E-state index is 14.5. The second-order valence-electron chi connectivity index (χ2n) is 16.3. The number of nitrogens with one attached hydrogen (secondary N) is 7. The molecule has 9 amide bonds. The summed E-state index contributed by atoms with van der Waals surface area (Å²) in [6, 6.07) is -4.76. The predicted octanol–water partition coefficient (Wildman–Crippen LogP) is -3.64. The highest BCUT2D eigenvalue weighted by Gasteiger charge is 2.40. The molecule has 0 radical (unpaired) electrons. The van der Waals surface area contributed by atoms with Crippen molar-refractivity contribution in [3.63, 3.8) is 0 Å². The minimum Gasteiger partial charge on any atom is -0.370 e. The van der Waals surface area contributed by atoms with Gasteiger partial charge in [-0.25, -0.2) is 0 Å². The molecule has 3 heterocycles. The molecule has 3 rings (SSSR count). The van der Waals surface area contributed by atoms with Gasteiger partial charge in [-0.05, 0) is 62.3 Å². The summed E-state index contributed by atoms with van der Waals surface area (Å²) in [6.07, 6.45) is 1.28. The van der Waals surface area contributed by atoms with E-state index in [0.717, 1.165) is 26.5 Å². The zero-order chi connectivity index (χ0) is 49.6. The van der Waals surface area contributed by atoms with Crippen molar-refractivity contribution in [2.24, 2.45) is 44.6 Å². The Hall–Kier alpha value is -5.83. The van der Waals surface area contributed by atoms with E-state index in [9.17, 15) is 43.2 Å². The Labute approximate surface area is 400 Å². The zero-order valence-electron chi connectivity index (χ0n) is 37.9. The second kappa shape index (κ2) is 28.4. The van der Waals surface area contributed by atoms with Gasteiger partial charge in [0.25, 0.3) is 0 Å². The summed E-state index contributed by atoms with van der Waals surface area (Å²) in [7, 11) is 2.16. The van der Waals surface area contributed by atoms with Crippen molar-refractivity contribution in [2.75, 3.05) is 37.7 Å². The summed E-state index contributed by atoms with van der Waals surface area (Å²) in [5, 5.41) is 20.3. The first-order chi connectivity index (χ1) is 31.7. The molecule has 7 atom stereocenters. The summed E-state index contributed by atoms with van der Waals surface area (Å²) in [5.74, 6) is -7.01. The molecule has 24 nitrogen and oxygen atoms in total. The van der Waals surface area contributed by atoms with Crippen LogP contribution in [0.5, 0.6) is 0 Å². The van der Waals surface area contributed by atoms with E-state index in [1.807, 2.05) is 19.2 Å². The van der Waals surface area contributed by atoms with Gasteiger partial charge in [0.2, 0.25) is 53.2 Å². The molecule has 1 aromatic heterocycles. The number of carbonyl (C=O) groups is 9. The lowest BCUT2D eigenvalue weighted by molar-refractivity contribution is -0.142. The average Bonchev–Trinajstić information content (AvgIpc) is 3.97. The number of guanidine groups is 2. The Morgan fingerprint density at radius 2 is 1.36 bits per heavy atom. The minimum atomic E-state index is -1.25. The summed E-state index contributed by atoms with van der Waals surface area (Å²) in [4.78, 5) is 132. The molecule has 2 fully saturated rings. The van der Waals surface area contributed by atoms with Crippen LogP contribution in [0.1, 0.15) is 70.6 Å². The van der Waals surface area contributed by atoms with Crippen molar-refractivity contribution < 1.29 is 43.2 Å². The molecule has 0 unspecified atom stereocenters. The van der Waals surface area contributed by atoms with Gasteiger partial charge in [-0.2, -0.15) is 0 Å². The summed E-state index contributed by atoms with van der Waals surface area (Å²) >= 11 is 1.36. The molecule has 2 aliphatic rings. The Balaban J connectivity index is 2.06. The number of fused-ring (bicyclic) bond motifs is 1. The molecule has 17 N–H and O–H groups in total. The highest BCUT2D eigenvalue weighted by Crippen LogP contribution is 2.24. The second-order valence-corrected chi connectivity index (χ2v) is 19.9. The van der Waals surface area contributed by atoms with Gasteiger partial charge >= 0.3 is 0 Å². The van der Waals surface area contributed by atoms with Crippen molar-refractivity contribution >= 4 is 98.0 Å². The first-order valence-electron chi connectivity index (χ1n) is 21.8.